The quantitative estimate of drug-likeness (QED) is 0.525. The van der Waals surface area contributed by atoms with Crippen molar-refractivity contribution in [2.45, 2.75) is 25.2 Å². The molecule has 1 aromatic carbocycles. The summed E-state index contributed by atoms with van der Waals surface area (Å²) in [7, 11) is 0. The molecule has 3 aromatic heterocycles. The lowest BCUT2D eigenvalue weighted by Crippen LogP contribution is -2.12. The number of pyridine rings is 1. The second kappa shape index (κ2) is 5.28. The molecule has 0 radical (unpaired) electrons. The van der Waals surface area contributed by atoms with E-state index in [0.29, 0.717) is 11.1 Å². The summed E-state index contributed by atoms with van der Waals surface area (Å²) < 4.78 is 2.09. The first kappa shape index (κ1) is 13.9. The number of imidazole rings is 1. The van der Waals surface area contributed by atoms with Crippen LogP contribution in [0, 0.1) is 0 Å². The first-order valence-electron chi connectivity index (χ1n) is 8.20. The number of rotatable bonds is 2. The number of hydrogen-bond donors (Lipinski definition) is 0. The van der Waals surface area contributed by atoms with Crippen LogP contribution in [0.2, 0.25) is 5.15 Å². The van der Waals surface area contributed by atoms with Crippen molar-refractivity contribution in [1.82, 2.24) is 19.4 Å². The van der Waals surface area contributed by atoms with E-state index in [4.69, 9.17) is 21.6 Å². The molecular weight excluding hydrogens is 320 g/mol. The zero-order valence-corrected chi connectivity index (χ0v) is 13.7. The molecule has 118 valence electrons. The van der Waals surface area contributed by atoms with Crippen LogP contribution in [-0.4, -0.2) is 19.4 Å². The molecule has 0 amide bonds. The SMILES string of the molecule is Clc1nccn2c(C3CCC3)nc(-c3ccc4ccccc4n3)c12. The van der Waals surface area contributed by atoms with Gasteiger partial charge in [0.25, 0.3) is 0 Å². The molecule has 0 spiro atoms. The minimum Gasteiger partial charge on any atom is -0.299 e. The molecule has 4 nitrogen and oxygen atoms in total. The number of aromatic nitrogens is 4. The zero-order chi connectivity index (χ0) is 16.1. The first-order valence-corrected chi connectivity index (χ1v) is 8.58. The van der Waals surface area contributed by atoms with Gasteiger partial charge >= 0.3 is 0 Å². The van der Waals surface area contributed by atoms with Gasteiger partial charge in [0, 0.05) is 23.7 Å². The molecule has 0 unspecified atom stereocenters. The highest BCUT2D eigenvalue weighted by Crippen LogP contribution is 2.39. The molecule has 3 heterocycles. The van der Waals surface area contributed by atoms with Gasteiger partial charge in [-0.25, -0.2) is 15.0 Å². The molecule has 24 heavy (non-hydrogen) atoms. The lowest BCUT2D eigenvalue weighted by atomic mass is 9.85. The summed E-state index contributed by atoms with van der Waals surface area (Å²) in [5.41, 5.74) is 3.47. The molecule has 0 aliphatic heterocycles. The molecule has 1 saturated carbocycles. The van der Waals surface area contributed by atoms with Crippen molar-refractivity contribution in [3.63, 3.8) is 0 Å². The summed E-state index contributed by atoms with van der Waals surface area (Å²) in [4.78, 5) is 14.0. The number of halogens is 1. The minimum atomic E-state index is 0.473. The number of para-hydroxylation sites is 1. The van der Waals surface area contributed by atoms with Crippen LogP contribution < -0.4 is 0 Å². The standard InChI is InChI=1S/C19H15ClN4/c20-18-17-16(15-9-8-12-4-1-2-7-14(12)22-15)23-19(13-5-3-6-13)24(17)11-10-21-18/h1-2,4,7-11,13H,3,5-6H2. The van der Waals surface area contributed by atoms with Gasteiger partial charge in [-0.1, -0.05) is 42.3 Å². The van der Waals surface area contributed by atoms with Crippen LogP contribution in [-0.2, 0) is 0 Å². The molecule has 1 aliphatic rings. The number of benzene rings is 1. The van der Waals surface area contributed by atoms with E-state index in [1.807, 2.05) is 30.5 Å². The van der Waals surface area contributed by atoms with Crippen LogP contribution in [0.5, 0.6) is 0 Å². The van der Waals surface area contributed by atoms with Crippen molar-refractivity contribution >= 4 is 28.0 Å². The van der Waals surface area contributed by atoms with E-state index in [9.17, 15) is 0 Å². The highest BCUT2D eigenvalue weighted by atomic mass is 35.5. The van der Waals surface area contributed by atoms with Gasteiger partial charge in [0.05, 0.1) is 11.2 Å². The fourth-order valence-corrected chi connectivity index (χ4v) is 3.59. The van der Waals surface area contributed by atoms with E-state index in [1.54, 1.807) is 6.20 Å². The normalized spacial score (nSPS) is 15.0. The van der Waals surface area contributed by atoms with Gasteiger partial charge in [-0.15, -0.1) is 0 Å². The van der Waals surface area contributed by atoms with Gasteiger partial charge in [-0.2, -0.15) is 0 Å². The van der Waals surface area contributed by atoms with Crippen molar-refractivity contribution < 1.29 is 0 Å². The third-order valence-corrected chi connectivity index (χ3v) is 5.13. The highest BCUT2D eigenvalue weighted by molar-refractivity contribution is 6.33. The Bertz CT molecular complexity index is 1070. The smallest absolute Gasteiger partial charge is 0.155 e. The van der Waals surface area contributed by atoms with Crippen molar-refractivity contribution in [2.75, 3.05) is 0 Å². The Hall–Kier alpha value is -2.46. The lowest BCUT2D eigenvalue weighted by Gasteiger charge is -2.23. The maximum atomic E-state index is 6.41. The summed E-state index contributed by atoms with van der Waals surface area (Å²) >= 11 is 6.41. The zero-order valence-electron chi connectivity index (χ0n) is 13.0. The highest BCUT2D eigenvalue weighted by Gasteiger charge is 2.27. The summed E-state index contributed by atoms with van der Waals surface area (Å²) in [6.45, 7) is 0. The largest absolute Gasteiger partial charge is 0.299 e. The molecular formula is C19H15ClN4. The van der Waals surface area contributed by atoms with E-state index in [1.165, 1.54) is 19.3 Å². The van der Waals surface area contributed by atoms with E-state index in [-0.39, 0.29) is 0 Å². The maximum Gasteiger partial charge on any atom is 0.155 e. The third-order valence-electron chi connectivity index (χ3n) is 4.85. The van der Waals surface area contributed by atoms with Crippen LogP contribution in [0.15, 0.2) is 48.8 Å². The molecule has 0 bridgehead atoms. The molecule has 1 fully saturated rings. The summed E-state index contributed by atoms with van der Waals surface area (Å²) in [6, 6.07) is 12.2. The summed E-state index contributed by atoms with van der Waals surface area (Å²) in [5, 5.41) is 1.59. The molecule has 0 saturated heterocycles. The molecule has 0 N–H and O–H groups in total. The van der Waals surface area contributed by atoms with Gasteiger partial charge < -0.3 is 0 Å². The van der Waals surface area contributed by atoms with Crippen LogP contribution in [0.3, 0.4) is 0 Å². The fourth-order valence-electron chi connectivity index (χ4n) is 3.36. The topological polar surface area (TPSA) is 43.1 Å². The fraction of sp³-hybridized carbons (Fsp3) is 0.211. The average Bonchev–Trinajstić information content (AvgIpc) is 2.94. The Morgan fingerprint density at radius 2 is 1.92 bits per heavy atom. The monoisotopic (exact) mass is 334 g/mol. The molecule has 5 heteroatoms. The average molecular weight is 335 g/mol. The Kier molecular flexibility index (Phi) is 3.06. The van der Waals surface area contributed by atoms with Crippen molar-refractivity contribution in [3.05, 3.63) is 59.8 Å². The molecule has 5 rings (SSSR count). The predicted molar refractivity (Wildman–Crippen MR) is 95.3 cm³/mol. The second-order valence-corrected chi connectivity index (χ2v) is 6.63. The third kappa shape index (κ3) is 2.03. The lowest BCUT2D eigenvalue weighted by molar-refractivity contribution is 0.400. The Labute approximate surface area is 144 Å². The number of nitrogens with zero attached hydrogens (tertiary/aromatic N) is 4. The number of fused-ring (bicyclic) bond motifs is 2. The van der Waals surface area contributed by atoms with E-state index in [0.717, 1.165) is 33.6 Å². The maximum absolute atomic E-state index is 6.41. The Balaban J connectivity index is 1.78. The van der Waals surface area contributed by atoms with E-state index >= 15 is 0 Å². The van der Waals surface area contributed by atoms with Gasteiger partial charge in [-0.05, 0) is 25.0 Å². The minimum absolute atomic E-state index is 0.473. The van der Waals surface area contributed by atoms with E-state index in [2.05, 4.69) is 21.5 Å². The summed E-state index contributed by atoms with van der Waals surface area (Å²) in [6.07, 6.45) is 7.32. The van der Waals surface area contributed by atoms with Crippen molar-refractivity contribution in [3.8, 4) is 11.4 Å². The molecule has 1 aliphatic carbocycles. The van der Waals surface area contributed by atoms with Gasteiger partial charge in [0.1, 0.15) is 17.0 Å². The molecule has 0 atom stereocenters. The van der Waals surface area contributed by atoms with Crippen LogP contribution in [0.4, 0.5) is 0 Å². The van der Waals surface area contributed by atoms with Crippen molar-refractivity contribution in [1.29, 1.82) is 0 Å². The van der Waals surface area contributed by atoms with Crippen LogP contribution in [0.1, 0.15) is 31.0 Å². The van der Waals surface area contributed by atoms with Crippen LogP contribution in [0.25, 0.3) is 27.8 Å². The van der Waals surface area contributed by atoms with Gasteiger partial charge in [0.2, 0.25) is 0 Å². The van der Waals surface area contributed by atoms with Gasteiger partial charge in [-0.3, -0.25) is 4.40 Å². The number of hydrogen-bond acceptors (Lipinski definition) is 3. The van der Waals surface area contributed by atoms with Gasteiger partial charge in [0.15, 0.2) is 5.15 Å². The molecule has 4 aromatic rings. The van der Waals surface area contributed by atoms with Crippen LogP contribution >= 0.6 is 11.6 Å². The summed E-state index contributed by atoms with van der Waals surface area (Å²) in [5.74, 6) is 1.58. The first-order chi connectivity index (χ1) is 11.8. The Morgan fingerprint density at radius 1 is 1.04 bits per heavy atom. The second-order valence-electron chi connectivity index (χ2n) is 6.27. The van der Waals surface area contributed by atoms with E-state index < -0.39 is 0 Å². The Morgan fingerprint density at radius 3 is 2.75 bits per heavy atom. The predicted octanol–water partition coefficient (Wildman–Crippen LogP) is 4.87. The van der Waals surface area contributed by atoms with Crippen molar-refractivity contribution in [2.24, 2.45) is 0 Å².